The van der Waals surface area contributed by atoms with Gasteiger partial charge in [-0.05, 0) is 62.8 Å². The number of aromatic hydroxyl groups is 1. The Bertz CT molecular complexity index is 3400. The van der Waals surface area contributed by atoms with Gasteiger partial charge in [0.1, 0.15) is 40.7 Å². The van der Waals surface area contributed by atoms with E-state index in [0.29, 0.717) is 35.3 Å². The van der Waals surface area contributed by atoms with Gasteiger partial charge in [0.2, 0.25) is 11.6 Å². The third-order valence-corrected chi connectivity index (χ3v) is 17.1. The molecule has 5 aliphatic heterocycles. The number of aromatic nitrogens is 1. The number of rotatable bonds is 8. The van der Waals surface area contributed by atoms with Gasteiger partial charge in [0.15, 0.2) is 5.82 Å². The van der Waals surface area contributed by atoms with E-state index < -0.39 is 135 Å². The molecule has 2 saturated heterocycles. The van der Waals surface area contributed by atoms with Crippen LogP contribution < -0.4 is 20.5 Å². The fraction of sp³-hybridized carbons (Fsp3) is 0.500. The largest absolute Gasteiger partial charge is 0.507 e. The van der Waals surface area contributed by atoms with E-state index in [1.54, 1.807) is 45.6 Å². The highest BCUT2D eigenvalue weighted by atomic mass is 19.1. The summed E-state index contributed by atoms with van der Waals surface area (Å²) in [6.07, 6.45) is 6.23. The number of aliphatic hydroxyl groups is 2. The van der Waals surface area contributed by atoms with E-state index in [4.69, 9.17) is 23.8 Å². The zero-order chi connectivity index (χ0) is 59.5. The summed E-state index contributed by atoms with van der Waals surface area (Å²) in [5, 5.41) is 51.8. The lowest BCUT2D eigenvalue weighted by atomic mass is 9.78. The Balaban J connectivity index is 1.01. The lowest BCUT2D eigenvalue weighted by Gasteiger charge is -2.38. The molecular formula is C60H70FN5O16. The topological polar surface area (TPSA) is 282 Å². The summed E-state index contributed by atoms with van der Waals surface area (Å²) in [5.74, 6) is -11.8. The van der Waals surface area contributed by atoms with E-state index in [1.165, 1.54) is 59.1 Å². The van der Waals surface area contributed by atoms with Crippen LogP contribution >= 0.6 is 0 Å². The van der Waals surface area contributed by atoms with Crippen molar-refractivity contribution in [3.8, 4) is 11.5 Å². The van der Waals surface area contributed by atoms with Crippen molar-refractivity contribution in [2.24, 2.45) is 28.8 Å². The van der Waals surface area contributed by atoms with Gasteiger partial charge in [0.05, 0.1) is 70.9 Å². The Kier molecular flexibility index (Phi) is 16.5. The van der Waals surface area contributed by atoms with Gasteiger partial charge < -0.3 is 59.3 Å². The molecule has 7 aliphatic rings. The number of halogens is 1. The number of piperidine rings is 1. The number of esters is 1. The maximum Gasteiger partial charge on any atom is 0.341 e. The number of pyridine rings is 2. The summed E-state index contributed by atoms with van der Waals surface area (Å²) < 4.78 is 40.9. The number of carboxylic acid groups (broad SMARTS) is 1. The van der Waals surface area contributed by atoms with E-state index in [0.717, 1.165) is 29.7 Å². The minimum atomic E-state index is -2.16. The number of Topliss-reactive ketones (excluding diaryl/α,β-unsaturated/α-hetero) is 3. The van der Waals surface area contributed by atoms with Crippen LogP contribution in [0.25, 0.3) is 5.52 Å². The number of phenolic OH excluding ortho intramolecular Hbond substituents is 1. The molecule has 10 rings (SSSR count). The first-order valence-electron chi connectivity index (χ1n) is 27.7. The zero-order valence-electron chi connectivity index (χ0n) is 47.5. The van der Waals surface area contributed by atoms with Crippen molar-refractivity contribution in [2.45, 2.75) is 137 Å². The number of fused-ring (bicyclic) bond motifs is 15. The number of aliphatic hydroxyl groups excluding tert-OH is 2. The Hall–Kier alpha value is -7.69. The number of aromatic carboxylic acids is 1. The number of amides is 1. The molecule has 0 unspecified atom stereocenters. The fourth-order valence-electron chi connectivity index (χ4n) is 12.1. The van der Waals surface area contributed by atoms with Gasteiger partial charge in [-0.3, -0.25) is 33.2 Å². The number of oxime groups is 1. The number of methoxy groups -OCH3 is 1. The fourth-order valence-corrected chi connectivity index (χ4v) is 12.1. The van der Waals surface area contributed by atoms with Crippen LogP contribution in [0.5, 0.6) is 11.5 Å². The highest BCUT2D eigenvalue weighted by molar-refractivity contribution is 6.32. The second-order valence-electron chi connectivity index (χ2n) is 22.7. The summed E-state index contributed by atoms with van der Waals surface area (Å²) >= 11 is 0. The number of nitrogens with zero attached hydrogens (tertiary/aromatic N) is 4. The normalized spacial score (nSPS) is 29.7. The molecule has 22 heteroatoms. The highest BCUT2D eigenvalue weighted by Gasteiger charge is 2.53. The molecule has 0 radical (unpaired) electrons. The number of aryl methyl sites for hydroxylation is 1. The summed E-state index contributed by atoms with van der Waals surface area (Å²) in [5.41, 5.74) is -0.623. The molecule has 10 atom stereocenters. The van der Waals surface area contributed by atoms with Crippen LogP contribution in [0, 0.1) is 43.3 Å². The molecule has 3 fully saturated rings. The van der Waals surface area contributed by atoms with E-state index >= 15 is 9.18 Å². The Labute approximate surface area is 472 Å². The predicted octanol–water partition coefficient (Wildman–Crippen LogP) is 6.34. The SMILES string of the molecule is CO[C@H]1/C=C/O[C@@]2(C)Oc3c(C)c(O)c4c(c3C2=O)C(=O)C(N2CCC(=NO[C@@H]3CCN(c5c(F)cn6c(=O)c(C(=O)O)cc(C7CC7)c6c5C)C3)CC2)=C(NC(=O)/C(C)=C\C=C\[C@H](C)[C@H](O)[C@@H](C)[C@@H](O)[C@@H](C)[C@H](OC(C)=O)[C@@H]1C)C4=O. The number of ether oxygens (including phenoxy) is 4. The molecule has 1 amide bonds. The minimum Gasteiger partial charge on any atom is -0.507 e. The van der Waals surface area contributed by atoms with E-state index in [-0.39, 0.29) is 72.2 Å². The first-order valence-corrected chi connectivity index (χ1v) is 27.7. The molecule has 2 aliphatic carbocycles. The molecule has 21 nitrogen and oxygen atoms in total. The van der Waals surface area contributed by atoms with Crippen LogP contribution in [0.2, 0.25) is 0 Å². The van der Waals surface area contributed by atoms with Gasteiger partial charge in [-0.2, -0.15) is 0 Å². The quantitative estimate of drug-likeness (QED) is 0.121. The maximum atomic E-state index is 16.0. The molecule has 5 N–H and O–H groups in total. The molecule has 1 aromatic carbocycles. The Morgan fingerprint density at radius 3 is 2.22 bits per heavy atom. The second kappa shape index (κ2) is 22.9. The molecule has 7 heterocycles. The Morgan fingerprint density at radius 2 is 1.57 bits per heavy atom. The number of anilines is 1. The number of phenols is 1. The van der Waals surface area contributed by atoms with Crippen molar-refractivity contribution < 1.29 is 77.4 Å². The molecular weight excluding hydrogens is 1070 g/mol. The van der Waals surface area contributed by atoms with Crippen LogP contribution in [0.15, 0.2) is 69.7 Å². The molecule has 5 bridgehead atoms. The summed E-state index contributed by atoms with van der Waals surface area (Å²) in [6, 6.07) is 1.41. The number of nitrogens with one attached hydrogen (secondary N) is 1. The van der Waals surface area contributed by atoms with Crippen LogP contribution in [0.1, 0.15) is 145 Å². The first-order chi connectivity index (χ1) is 38.8. The van der Waals surface area contributed by atoms with Crippen molar-refractivity contribution in [1.29, 1.82) is 0 Å². The number of likely N-dealkylation sites (tertiary alicyclic amines) is 1. The van der Waals surface area contributed by atoms with Crippen molar-refractivity contribution in [3.63, 3.8) is 0 Å². The number of benzene rings is 1. The second-order valence-corrected chi connectivity index (χ2v) is 22.7. The minimum absolute atomic E-state index is 0.0523. The van der Waals surface area contributed by atoms with Crippen molar-refractivity contribution in [1.82, 2.24) is 14.6 Å². The third kappa shape index (κ3) is 10.7. The van der Waals surface area contributed by atoms with Crippen LogP contribution in [-0.4, -0.2) is 140 Å². The van der Waals surface area contributed by atoms with Gasteiger partial charge in [-0.25, -0.2) is 9.18 Å². The number of hydrogen-bond donors (Lipinski definition) is 5. The van der Waals surface area contributed by atoms with Gasteiger partial charge in [0.25, 0.3) is 17.2 Å². The average molecular weight is 1140 g/mol. The number of ketones is 3. The van der Waals surface area contributed by atoms with E-state index in [2.05, 4.69) is 10.5 Å². The van der Waals surface area contributed by atoms with E-state index in [9.17, 15) is 49.2 Å². The van der Waals surface area contributed by atoms with Crippen LogP contribution in [0.4, 0.5) is 10.1 Å². The number of allylic oxidation sites excluding steroid dienone is 4. The smallest absolute Gasteiger partial charge is 0.341 e. The molecule has 1 saturated carbocycles. The molecule has 82 heavy (non-hydrogen) atoms. The zero-order valence-corrected chi connectivity index (χ0v) is 47.5. The van der Waals surface area contributed by atoms with Gasteiger partial charge >= 0.3 is 17.7 Å². The van der Waals surface area contributed by atoms with Crippen LogP contribution in [0.3, 0.4) is 0 Å². The van der Waals surface area contributed by atoms with Crippen molar-refractivity contribution >= 4 is 52.1 Å². The van der Waals surface area contributed by atoms with Gasteiger partial charge in [-0.1, -0.05) is 51.1 Å². The van der Waals surface area contributed by atoms with Crippen LogP contribution in [-0.2, 0) is 28.6 Å². The van der Waals surface area contributed by atoms with Gasteiger partial charge in [-0.15, -0.1) is 0 Å². The highest BCUT2D eigenvalue weighted by Crippen LogP contribution is 2.50. The number of carbonyl (C=O) groups excluding carboxylic acids is 5. The number of carbonyl (C=O) groups is 6. The number of carboxylic acids is 1. The lowest BCUT2D eigenvalue weighted by molar-refractivity contribution is -0.160. The van der Waals surface area contributed by atoms with Crippen molar-refractivity contribution in [3.05, 3.63) is 115 Å². The third-order valence-electron chi connectivity index (χ3n) is 17.1. The lowest BCUT2D eigenvalue weighted by Crippen LogP contribution is -2.46. The molecule has 3 aromatic rings. The molecule has 2 aromatic heterocycles. The summed E-state index contributed by atoms with van der Waals surface area (Å²) in [6.45, 7) is 14.7. The van der Waals surface area contributed by atoms with Crippen molar-refractivity contribution in [2.75, 3.05) is 38.2 Å². The average Bonchev–Trinajstić information content (AvgIpc) is 1.70. The first kappa shape index (κ1) is 58.9. The molecule has 0 spiro atoms. The standard InChI is InChI=1S/C60H70FN5O16/c1-27-12-11-13-28(2)57(74)62-45-48(64-20-16-36(17-21-64)63-82-37-18-22-65(25-37)47-30(4)46-38(35-14-15-35)24-39(59(76)77)58(75)66(46)26-40(47)61)53(72)42-43(52(45)71)51(70)33(7)55-44(42)56(73)60(9,81-55)79-23-19-41(78-10)29(3)54(80-34(8)67)32(6)50(69)31(5)49(27)68/h11-13,19,23-24,26-27,29,31-32,35,37,41,49-50,54,68-70H,14-18,20-22,25H2,1-10H3,(H,62,74)(H,76,77)/b12-11+,23-19+,28-13-/t27-,29+,31+,32+,37+,41-,49-,50+,54+,60-/m0/s1. The van der Waals surface area contributed by atoms with E-state index in [1.807, 2.05) is 4.90 Å². The maximum absolute atomic E-state index is 16.0. The van der Waals surface area contributed by atoms with Gasteiger partial charge in [0, 0.05) is 94.7 Å². The summed E-state index contributed by atoms with van der Waals surface area (Å²) in [4.78, 5) is 106. The number of hydrogen-bond acceptors (Lipinski definition) is 18. The summed E-state index contributed by atoms with van der Waals surface area (Å²) in [7, 11) is 1.41. The monoisotopic (exact) mass is 1140 g/mol. The predicted molar refractivity (Wildman–Crippen MR) is 295 cm³/mol. The Morgan fingerprint density at radius 1 is 0.878 bits per heavy atom. The molecule has 438 valence electrons.